The maximum Gasteiger partial charge on any atom is 0.255 e. The molecule has 1 heterocycles. The van der Waals surface area contributed by atoms with Gasteiger partial charge in [0.25, 0.3) is 5.91 Å². The number of ether oxygens (including phenoxy) is 2. The molecule has 0 saturated heterocycles. The van der Waals surface area contributed by atoms with E-state index in [-0.39, 0.29) is 12.5 Å². The van der Waals surface area contributed by atoms with Crippen molar-refractivity contribution >= 4 is 22.4 Å². The van der Waals surface area contributed by atoms with Crippen LogP contribution in [0.2, 0.25) is 0 Å². The smallest absolute Gasteiger partial charge is 0.255 e. The Morgan fingerprint density at radius 1 is 1.35 bits per heavy atom. The summed E-state index contributed by atoms with van der Waals surface area (Å²) in [5.41, 5.74) is 1.88. The van der Waals surface area contributed by atoms with Crippen molar-refractivity contribution in [3.05, 3.63) is 48.4 Å². The highest BCUT2D eigenvalue weighted by molar-refractivity contribution is 7.14. The second-order valence-electron chi connectivity index (χ2n) is 4.72. The molecule has 0 spiro atoms. The molecule has 1 amide bonds. The molecule has 0 radical (unpaired) electrons. The number of carbonyl (C=O) groups is 1. The van der Waals surface area contributed by atoms with Crippen molar-refractivity contribution in [3.8, 4) is 11.3 Å². The lowest BCUT2D eigenvalue weighted by atomic mass is 10.2. The largest absolute Gasteiger partial charge is 0.382 e. The molecule has 2 aromatic rings. The molecular formula is C17H20N2O3S. The van der Waals surface area contributed by atoms with Gasteiger partial charge in [0.15, 0.2) is 5.13 Å². The fourth-order valence-electron chi connectivity index (χ4n) is 1.93. The Balaban J connectivity index is 2.07. The molecule has 0 unspecified atom stereocenters. The monoisotopic (exact) mass is 332 g/mol. The third-order valence-electron chi connectivity index (χ3n) is 3.06. The first-order chi connectivity index (χ1) is 11.3. The van der Waals surface area contributed by atoms with Gasteiger partial charge < -0.3 is 9.47 Å². The molecule has 0 aliphatic heterocycles. The van der Waals surface area contributed by atoms with E-state index in [0.717, 1.165) is 11.3 Å². The number of amides is 1. The minimum absolute atomic E-state index is 0.00253. The van der Waals surface area contributed by atoms with Crippen molar-refractivity contribution in [3.63, 3.8) is 0 Å². The minimum Gasteiger partial charge on any atom is -0.382 e. The SMILES string of the molecule is C=CCN(C(=O)COCCOC)c1nc(-c2ccccc2)cs1. The van der Waals surface area contributed by atoms with Crippen molar-refractivity contribution in [2.45, 2.75) is 0 Å². The van der Waals surface area contributed by atoms with Gasteiger partial charge in [-0.15, -0.1) is 17.9 Å². The summed E-state index contributed by atoms with van der Waals surface area (Å²) in [6.07, 6.45) is 1.68. The molecule has 0 atom stereocenters. The Kier molecular flexibility index (Phi) is 6.93. The molecule has 1 aromatic carbocycles. The molecule has 0 N–H and O–H groups in total. The van der Waals surface area contributed by atoms with Crippen molar-refractivity contribution in [1.82, 2.24) is 4.98 Å². The topological polar surface area (TPSA) is 51.7 Å². The number of nitrogens with zero attached hydrogens (tertiary/aromatic N) is 2. The molecule has 2 rings (SSSR count). The predicted octanol–water partition coefficient (Wildman–Crippen LogP) is 2.99. The summed E-state index contributed by atoms with van der Waals surface area (Å²) < 4.78 is 10.2. The number of rotatable bonds is 9. The van der Waals surface area contributed by atoms with Gasteiger partial charge in [-0.05, 0) is 0 Å². The van der Waals surface area contributed by atoms with Gasteiger partial charge in [-0.25, -0.2) is 4.98 Å². The predicted molar refractivity (Wildman–Crippen MR) is 92.8 cm³/mol. The fraction of sp³-hybridized carbons (Fsp3) is 0.294. The van der Waals surface area contributed by atoms with Crippen LogP contribution >= 0.6 is 11.3 Å². The highest BCUT2D eigenvalue weighted by Crippen LogP contribution is 2.27. The van der Waals surface area contributed by atoms with Crippen LogP contribution in [0.25, 0.3) is 11.3 Å². The van der Waals surface area contributed by atoms with Gasteiger partial charge in [0.05, 0.1) is 18.9 Å². The maximum absolute atomic E-state index is 12.3. The summed E-state index contributed by atoms with van der Waals surface area (Å²) in [4.78, 5) is 18.5. The zero-order valence-electron chi connectivity index (χ0n) is 13.1. The molecule has 1 aromatic heterocycles. The molecule has 0 aliphatic rings. The van der Waals surface area contributed by atoms with Gasteiger partial charge in [0, 0.05) is 24.6 Å². The second-order valence-corrected chi connectivity index (χ2v) is 5.56. The first-order valence-corrected chi connectivity index (χ1v) is 8.13. The van der Waals surface area contributed by atoms with Gasteiger partial charge in [-0.2, -0.15) is 0 Å². The van der Waals surface area contributed by atoms with E-state index < -0.39 is 0 Å². The average Bonchev–Trinajstić information content (AvgIpc) is 3.07. The molecule has 122 valence electrons. The number of anilines is 1. The third kappa shape index (κ3) is 4.99. The zero-order chi connectivity index (χ0) is 16.5. The lowest BCUT2D eigenvalue weighted by Crippen LogP contribution is -2.34. The van der Waals surface area contributed by atoms with E-state index in [2.05, 4.69) is 11.6 Å². The molecule has 23 heavy (non-hydrogen) atoms. The van der Waals surface area contributed by atoms with E-state index >= 15 is 0 Å². The number of benzene rings is 1. The van der Waals surface area contributed by atoms with Crippen LogP contribution in [0.4, 0.5) is 5.13 Å². The van der Waals surface area contributed by atoms with Gasteiger partial charge in [-0.3, -0.25) is 9.69 Å². The average molecular weight is 332 g/mol. The van der Waals surface area contributed by atoms with Crippen molar-refractivity contribution in [2.24, 2.45) is 0 Å². The Hall–Kier alpha value is -2.02. The zero-order valence-corrected chi connectivity index (χ0v) is 13.9. The maximum atomic E-state index is 12.3. The highest BCUT2D eigenvalue weighted by Gasteiger charge is 2.18. The van der Waals surface area contributed by atoms with Crippen molar-refractivity contribution in [2.75, 3.05) is 38.4 Å². The Labute approximate surface area is 140 Å². The summed E-state index contributed by atoms with van der Waals surface area (Å²) in [6.45, 7) is 4.95. The molecule has 0 saturated carbocycles. The van der Waals surface area contributed by atoms with E-state index in [1.165, 1.54) is 11.3 Å². The van der Waals surface area contributed by atoms with E-state index in [0.29, 0.717) is 24.9 Å². The highest BCUT2D eigenvalue weighted by atomic mass is 32.1. The van der Waals surface area contributed by atoms with E-state index in [9.17, 15) is 4.79 Å². The fourth-order valence-corrected chi connectivity index (χ4v) is 2.79. The Morgan fingerprint density at radius 2 is 2.13 bits per heavy atom. The van der Waals surface area contributed by atoms with Crippen LogP contribution in [-0.2, 0) is 14.3 Å². The lowest BCUT2D eigenvalue weighted by Gasteiger charge is -2.17. The summed E-state index contributed by atoms with van der Waals surface area (Å²) in [6, 6.07) is 9.87. The van der Waals surface area contributed by atoms with E-state index in [1.54, 1.807) is 18.1 Å². The molecule has 6 heteroatoms. The van der Waals surface area contributed by atoms with Gasteiger partial charge in [0.1, 0.15) is 6.61 Å². The summed E-state index contributed by atoms with van der Waals surface area (Å²) in [5.74, 6) is -0.144. The summed E-state index contributed by atoms with van der Waals surface area (Å²) in [5, 5.41) is 2.59. The van der Waals surface area contributed by atoms with Gasteiger partial charge in [0.2, 0.25) is 0 Å². The number of carbonyl (C=O) groups excluding carboxylic acids is 1. The summed E-state index contributed by atoms with van der Waals surface area (Å²) >= 11 is 1.43. The molecule has 0 fully saturated rings. The van der Waals surface area contributed by atoms with Gasteiger partial charge in [-0.1, -0.05) is 36.4 Å². The first-order valence-electron chi connectivity index (χ1n) is 7.25. The molecule has 0 bridgehead atoms. The minimum atomic E-state index is -0.144. The van der Waals surface area contributed by atoms with Crippen LogP contribution < -0.4 is 4.90 Å². The second kappa shape index (κ2) is 9.19. The van der Waals surface area contributed by atoms with Gasteiger partial charge >= 0.3 is 0 Å². The number of thiazole rings is 1. The standard InChI is InChI=1S/C17H20N2O3S/c1-3-9-19(16(20)12-22-11-10-21-2)17-18-15(13-23-17)14-7-5-4-6-8-14/h3-8,13H,1,9-12H2,2H3. The number of hydrogen-bond acceptors (Lipinski definition) is 5. The van der Waals surface area contributed by atoms with Crippen LogP contribution in [0, 0.1) is 0 Å². The van der Waals surface area contributed by atoms with Crippen LogP contribution in [0.5, 0.6) is 0 Å². The van der Waals surface area contributed by atoms with Crippen LogP contribution in [0.3, 0.4) is 0 Å². The lowest BCUT2D eigenvalue weighted by molar-refractivity contribution is -0.123. The Bertz CT molecular complexity index is 628. The number of aromatic nitrogens is 1. The molecule has 5 nitrogen and oxygen atoms in total. The number of methoxy groups -OCH3 is 1. The van der Waals surface area contributed by atoms with Crippen LogP contribution in [0.15, 0.2) is 48.4 Å². The summed E-state index contributed by atoms with van der Waals surface area (Å²) in [7, 11) is 1.59. The Morgan fingerprint density at radius 3 is 2.83 bits per heavy atom. The normalized spacial score (nSPS) is 10.5. The van der Waals surface area contributed by atoms with E-state index in [1.807, 2.05) is 35.7 Å². The first kappa shape index (κ1) is 17.3. The van der Waals surface area contributed by atoms with Crippen molar-refractivity contribution < 1.29 is 14.3 Å². The third-order valence-corrected chi connectivity index (χ3v) is 3.93. The molecule has 0 aliphatic carbocycles. The van der Waals surface area contributed by atoms with Crippen molar-refractivity contribution in [1.29, 1.82) is 0 Å². The van der Waals surface area contributed by atoms with Crippen LogP contribution in [-0.4, -0.2) is 44.4 Å². The van der Waals surface area contributed by atoms with E-state index in [4.69, 9.17) is 9.47 Å². The molecular weight excluding hydrogens is 312 g/mol. The number of hydrogen-bond donors (Lipinski definition) is 0. The quantitative estimate of drug-likeness (QED) is 0.523. The van der Waals surface area contributed by atoms with Crippen LogP contribution in [0.1, 0.15) is 0 Å².